The van der Waals surface area contributed by atoms with Crippen molar-refractivity contribution in [1.29, 1.82) is 0 Å². The van der Waals surface area contributed by atoms with Crippen molar-refractivity contribution in [3.05, 3.63) is 30.1 Å². The van der Waals surface area contributed by atoms with Crippen LogP contribution in [0.2, 0.25) is 0 Å². The molecule has 1 aliphatic carbocycles. The molecule has 2 fully saturated rings. The van der Waals surface area contributed by atoms with E-state index in [1.54, 1.807) is 0 Å². The van der Waals surface area contributed by atoms with Gasteiger partial charge in [-0.05, 0) is 44.7 Å². The molecule has 1 saturated carbocycles. The van der Waals surface area contributed by atoms with E-state index in [0.717, 1.165) is 55.6 Å². The molecule has 7 heteroatoms. The molecule has 150 valence electrons. The third-order valence-corrected chi connectivity index (χ3v) is 5.79. The number of H-pyrrole nitrogens is 1. The first kappa shape index (κ1) is 18.8. The monoisotopic (exact) mass is 383 g/mol. The van der Waals surface area contributed by atoms with Crippen molar-refractivity contribution < 1.29 is 9.59 Å². The fraction of sp³-hybridized carbons (Fsp3) is 0.571. The van der Waals surface area contributed by atoms with E-state index in [0.29, 0.717) is 25.4 Å². The maximum Gasteiger partial charge on any atom is 0.317 e. The zero-order valence-electron chi connectivity index (χ0n) is 16.5. The number of imidazole rings is 1. The summed E-state index contributed by atoms with van der Waals surface area (Å²) in [5, 5.41) is 3.16. The van der Waals surface area contributed by atoms with Crippen molar-refractivity contribution in [2.45, 2.75) is 45.1 Å². The van der Waals surface area contributed by atoms with Gasteiger partial charge in [-0.1, -0.05) is 12.1 Å². The zero-order valence-corrected chi connectivity index (χ0v) is 16.5. The van der Waals surface area contributed by atoms with Crippen LogP contribution < -0.4 is 5.32 Å². The van der Waals surface area contributed by atoms with Gasteiger partial charge in [-0.15, -0.1) is 0 Å². The number of rotatable bonds is 6. The summed E-state index contributed by atoms with van der Waals surface area (Å²) >= 11 is 0. The van der Waals surface area contributed by atoms with Crippen LogP contribution in [0.3, 0.4) is 0 Å². The highest BCUT2D eigenvalue weighted by molar-refractivity contribution is 5.81. The molecule has 0 radical (unpaired) electrons. The van der Waals surface area contributed by atoms with Crippen LogP contribution in [-0.2, 0) is 11.2 Å². The number of aromatic nitrogens is 2. The first-order valence-corrected chi connectivity index (χ1v) is 10.4. The number of hydrogen-bond acceptors (Lipinski definition) is 3. The number of nitrogens with one attached hydrogen (secondary N) is 2. The van der Waals surface area contributed by atoms with Crippen molar-refractivity contribution in [3.8, 4) is 0 Å². The summed E-state index contributed by atoms with van der Waals surface area (Å²) in [5.74, 6) is 1.49. The number of piperidine rings is 1. The third-order valence-electron chi connectivity index (χ3n) is 5.79. The number of nitrogens with zero attached hydrogens (tertiary/aromatic N) is 3. The second-order valence-corrected chi connectivity index (χ2v) is 7.85. The Balaban J connectivity index is 1.25. The van der Waals surface area contributed by atoms with Crippen LogP contribution in [0.15, 0.2) is 24.3 Å². The summed E-state index contributed by atoms with van der Waals surface area (Å²) in [6.45, 7) is 4.79. The molecule has 2 heterocycles. The van der Waals surface area contributed by atoms with Crippen LogP contribution >= 0.6 is 0 Å². The van der Waals surface area contributed by atoms with Gasteiger partial charge in [0.2, 0.25) is 5.91 Å². The SMILES string of the molecule is CCN(CCc1nc2ccccc2[nH]1)C(=O)NC1CCN(C(=O)C2CC2)CC1. The summed E-state index contributed by atoms with van der Waals surface area (Å²) in [6.07, 6.45) is 4.47. The second kappa shape index (κ2) is 8.20. The van der Waals surface area contributed by atoms with Crippen LogP contribution in [0, 0.1) is 5.92 Å². The molecule has 2 N–H and O–H groups in total. The van der Waals surface area contributed by atoms with Crippen LogP contribution in [0.5, 0.6) is 0 Å². The van der Waals surface area contributed by atoms with E-state index in [4.69, 9.17) is 0 Å². The quantitative estimate of drug-likeness (QED) is 0.804. The average Bonchev–Trinajstić information content (AvgIpc) is 3.48. The van der Waals surface area contributed by atoms with Gasteiger partial charge in [0.25, 0.3) is 0 Å². The van der Waals surface area contributed by atoms with Gasteiger partial charge in [-0.3, -0.25) is 4.79 Å². The standard InChI is InChI=1S/C21H29N5O2/c1-2-25(14-11-19-23-17-5-3-4-6-18(17)24-19)21(28)22-16-9-12-26(13-10-16)20(27)15-7-8-15/h3-6,15-16H,2,7-14H2,1H3,(H,22,28)(H,23,24). The largest absolute Gasteiger partial charge is 0.342 e. The van der Waals surface area contributed by atoms with Crippen molar-refractivity contribution in [3.63, 3.8) is 0 Å². The molecular formula is C21H29N5O2. The Morgan fingerprint density at radius 2 is 1.96 bits per heavy atom. The number of amides is 3. The minimum Gasteiger partial charge on any atom is -0.342 e. The van der Waals surface area contributed by atoms with Crippen molar-refractivity contribution in [2.75, 3.05) is 26.2 Å². The molecule has 7 nitrogen and oxygen atoms in total. The summed E-state index contributed by atoms with van der Waals surface area (Å²) in [6, 6.07) is 8.08. The van der Waals surface area contributed by atoms with Gasteiger partial charge < -0.3 is 20.1 Å². The predicted octanol–water partition coefficient (Wildman–Crippen LogP) is 2.54. The minimum atomic E-state index is -0.0226. The first-order valence-electron chi connectivity index (χ1n) is 10.4. The van der Waals surface area contributed by atoms with Crippen LogP contribution in [0.4, 0.5) is 4.79 Å². The van der Waals surface area contributed by atoms with E-state index in [1.807, 2.05) is 41.0 Å². The van der Waals surface area contributed by atoms with Gasteiger partial charge >= 0.3 is 6.03 Å². The summed E-state index contributed by atoms with van der Waals surface area (Å²) in [5.41, 5.74) is 1.98. The molecule has 0 bridgehead atoms. The van der Waals surface area contributed by atoms with E-state index in [2.05, 4.69) is 15.3 Å². The van der Waals surface area contributed by atoms with Gasteiger partial charge in [0.05, 0.1) is 11.0 Å². The van der Waals surface area contributed by atoms with Gasteiger partial charge in [-0.25, -0.2) is 9.78 Å². The predicted molar refractivity (Wildman–Crippen MR) is 108 cm³/mol. The fourth-order valence-corrected chi connectivity index (χ4v) is 3.87. The van der Waals surface area contributed by atoms with Gasteiger partial charge in [0.15, 0.2) is 0 Å². The molecule has 4 rings (SSSR count). The van der Waals surface area contributed by atoms with E-state index in [9.17, 15) is 9.59 Å². The molecule has 3 amide bonds. The van der Waals surface area contributed by atoms with E-state index in [1.165, 1.54) is 0 Å². The Morgan fingerprint density at radius 3 is 2.64 bits per heavy atom. The molecule has 2 aliphatic rings. The fourth-order valence-electron chi connectivity index (χ4n) is 3.87. The maximum absolute atomic E-state index is 12.7. The number of likely N-dealkylation sites (N-methyl/N-ethyl adjacent to an activating group) is 1. The smallest absolute Gasteiger partial charge is 0.317 e. The van der Waals surface area contributed by atoms with Crippen molar-refractivity contribution in [2.24, 2.45) is 5.92 Å². The second-order valence-electron chi connectivity index (χ2n) is 7.85. The molecular weight excluding hydrogens is 354 g/mol. The van der Waals surface area contributed by atoms with Crippen LogP contribution in [0.25, 0.3) is 11.0 Å². The number of carbonyl (C=O) groups is 2. The number of benzene rings is 1. The number of likely N-dealkylation sites (tertiary alicyclic amines) is 1. The zero-order chi connectivity index (χ0) is 19.5. The van der Waals surface area contributed by atoms with E-state index in [-0.39, 0.29) is 18.0 Å². The summed E-state index contributed by atoms with van der Waals surface area (Å²) < 4.78 is 0. The molecule has 0 atom stereocenters. The number of urea groups is 1. The molecule has 28 heavy (non-hydrogen) atoms. The summed E-state index contributed by atoms with van der Waals surface area (Å²) in [4.78, 5) is 36.5. The molecule has 0 unspecified atom stereocenters. The Kier molecular flexibility index (Phi) is 5.50. The number of para-hydroxylation sites is 2. The lowest BCUT2D eigenvalue weighted by Crippen LogP contribution is -2.50. The van der Waals surface area contributed by atoms with Crippen LogP contribution in [0.1, 0.15) is 38.4 Å². The molecule has 1 aromatic heterocycles. The normalized spacial score (nSPS) is 17.7. The summed E-state index contributed by atoms with van der Waals surface area (Å²) in [7, 11) is 0. The molecule has 2 aromatic rings. The Morgan fingerprint density at radius 1 is 1.21 bits per heavy atom. The van der Waals surface area contributed by atoms with Gasteiger partial charge in [0.1, 0.15) is 5.82 Å². The molecule has 1 saturated heterocycles. The number of hydrogen-bond donors (Lipinski definition) is 2. The molecule has 0 spiro atoms. The van der Waals surface area contributed by atoms with E-state index >= 15 is 0 Å². The number of fused-ring (bicyclic) bond motifs is 1. The Labute approximate surface area is 165 Å². The average molecular weight is 383 g/mol. The molecule has 1 aliphatic heterocycles. The first-order chi connectivity index (χ1) is 13.6. The Hall–Kier alpha value is -2.57. The van der Waals surface area contributed by atoms with E-state index < -0.39 is 0 Å². The molecule has 1 aromatic carbocycles. The van der Waals surface area contributed by atoms with Crippen molar-refractivity contribution in [1.82, 2.24) is 25.1 Å². The maximum atomic E-state index is 12.7. The highest BCUT2D eigenvalue weighted by Crippen LogP contribution is 2.31. The third kappa shape index (κ3) is 4.29. The topological polar surface area (TPSA) is 81.3 Å². The lowest BCUT2D eigenvalue weighted by Gasteiger charge is -2.33. The van der Waals surface area contributed by atoms with Gasteiger partial charge in [0, 0.05) is 44.6 Å². The lowest BCUT2D eigenvalue weighted by molar-refractivity contribution is -0.133. The van der Waals surface area contributed by atoms with Gasteiger partial charge in [-0.2, -0.15) is 0 Å². The van der Waals surface area contributed by atoms with Crippen molar-refractivity contribution >= 4 is 23.0 Å². The number of carbonyl (C=O) groups excluding carboxylic acids is 2. The highest BCUT2D eigenvalue weighted by Gasteiger charge is 2.35. The minimum absolute atomic E-state index is 0.0226. The lowest BCUT2D eigenvalue weighted by atomic mass is 10.0. The Bertz CT molecular complexity index is 803. The highest BCUT2D eigenvalue weighted by atomic mass is 16.2. The van der Waals surface area contributed by atoms with Crippen LogP contribution in [-0.4, -0.2) is 63.9 Å². The number of aromatic amines is 1.